The molecule has 0 N–H and O–H groups in total. The van der Waals surface area contributed by atoms with E-state index in [0.29, 0.717) is 11.5 Å². The Labute approximate surface area is 112 Å². The molecule has 0 saturated heterocycles. The Morgan fingerprint density at radius 3 is 2.39 bits per heavy atom. The number of halogens is 1. The first-order valence-electron chi connectivity index (χ1n) is 5.25. The second-order valence-corrected chi connectivity index (χ2v) is 4.64. The number of aryl methyl sites for hydroxylation is 1. The molecule has 0 unspecified atom stereocenters. The fourth-order valence-corrected chi connectivity index (χ4v) is 2.03. The third-order valence-corrected chi connectivity index (χ3v) is 2.98. The standard InChI is InChI=1S/C13H10BrNO3/c1-9-2-7-13(12(14)8-9)18-11-5-3-10(4-6-11)15(16)17/h2-8H,1H3. The number of nitro benzene ring substituents is 1. The third kappa shape index (κ3) is 2.87. The summed E-state index contributed by atoms with van der Waals surface area (Å²) in [7, 11) is 0. The van der Waals surface area contributed by atoms with Gasteiger partial charge >= 0.3 is 0 Å². The minimum absolute atomic E-state index is 0.0466. The minimum Gasteiger partial charge on any atom is -0.456 e. The largest absolute Gasteiger partial charge is 0.456 e. The smallest absolute Gasteiger partial charge is 0.269 e. The van der Waals surface area contributed by atoms with Crippen molar-refractivity contribution in [3.05, 3.63) is 62.6 Å². The number of nitro groups is 1. The minimum atomic E-state index is -0.439. The SMILES string of the molecule is Cc1ccc(Oc2ccc([N+](=O)[O-])cc2)c(Br)c1. The molecule has 18 heavy (non-hydrogen) atoms. The molecular formula is C13H10BrNO3. The van der Waals surface area contributed by atoms with Crippen molar-refractivity contribution in [3.63, 3.8) is 0 Å². The van der Waals surface area contributed by atoms with Gasteiger partial charge in [-0.2, -0.15) is 0 Å². The molecule has 0 aliphatic rings. The van der Waals surface area contributed by atoms with Crippen LogP contribution in [0.15, 0.2) is 46.9 Å². The summed E-state index contributed by atoms with van der Waals surface area (Å²) in [6.45, 7) is 1.99. The van der Waals surface area contributed by atoms with Crippen molar-refractivity contribution in [2.45, 2.75) is 6.92 Å². The number of rotatable bonds is 3. The van der Waals surface area contributed by atoms with Crippen molar-refractivity contribution >= 4 is 21.6 Å². The van der Waals surface area contributed by atoms with Gasteiger partial charge in [0.05, 0.1) is 9.40 Å². The van der Waals surface area contributed by atoms with Crippen LogP contribution in [0.2, 0.25) is 0 Å². The van der Waals surface area contributed by atoms with Gasteiger partial charge in [-0.1, -0.05) is 6.07 Å². The molecule has 0 fully saturated rings. The van der Waals surface area contributed by atoms with Gasteiger partial charge in [-0.3, -0.25) is 10.1 Å². The second kappa shape index (κ2) is 5.18. The van der Waals surface area contributed by atoms with E-state index in [1.807, 2.05) is 25.1 Å². The maximum Gasteiger partial charge on any atom is 0.269 e. The first-order chi connectivity index (χ1) is 8.56. The molecule has 2 aromatic carbocycles. The molecule has 0 amide bonds. The summed E-state index contributed by atoms with van der Waals surface area (Å²) >= 11 is 3.41. The summed E-state index contributed by atoms with van der Waals surface area (Å²) in [5.41, 5.74) is 1.17. The number of hydrogen-bond donors (Lipinski definition) is 0. The van der Waals surface area contributed by atoms with Crippen molar-refractivity contribution in [3.8, 4) is 11.5 Å². The Kier molecular flexibility index (Phi) is 3.62. The molecule has 92 valence electrons. The molecular weight excluding hydrogens is 298 g/mol. The molecule has 0 aliphatic heterocycles. The van der Waals surface area contributed by atoms with Crippen LogP contribution in [0.25, 0.3) is 0 Å². The Morgan fingerprint density at radius 2 is 1.83 bits per heavy atom. The summed E-state index contributed by atoms with van der Waals surface area (Å²) in [6, 6.07) is 11.7. The van der Waals surface area contributed by atoms with E-state index in [9.17, 15) is 10.1 Å². The zero-order valence-electron chi connectivity index (χ0n) is 9.59. The van der Waals surface area contributed by atoms with Crippen LogP contribution in [0.4, 0.5) is 5.69 Å². The first kappa shape index (κ1) is 12.6. The second-order valence-electron chi connectivity index (χ2n) is 3.79. The number of ether oxygens (including phenoxy) is 1. The highest BCUT2D eigenvalue weighted by atomic mass is 79.9. The average molecular weight is 308 g/mol. The molecule has 0 heterocycles. The Balaban J connectivity index is 2.21. The van der Waals surface area contributed by atoms with Gasteiger partial charge in [0.2, 0.25) is 0 Å². The van der Waals surface area contributed by atoms with Crippen molar-refractivity contribution in [1.82, 2.24) is 0 Å². The first-order valence-corrected chi connectivity index (χ1v) is 6.04. The van der Waals surface area contributed by atoms with Crippen molar-refractivity contribution in [1.29, 1.82) is 0 Å². The summed E-state index contributed by atoms with van der Waals surface area (Å²) in [6.07, 6.45) is 0. The van der Waals surface area contributed by atoms with Gasteiger partial charge in [0.25, 0.3) is 5.69 Å². The van der Waals surface area contributed by atoms with Crippen LogP contribution in [0.5, 0.6) is 11.5 Å². The van der Waals surface area contributed by atoms with Crippen molar-refractivity contribution < 1.29 is 9.66 Å². The highest BCUT2D eigenvalue weighted by molar-refractivity contribution is 9.10. The molecule has 0 atom stereocenters. The van der Waals surface area contributed by atoms with E-state index in [1.165, 1.54) is 12.1 Å². The van der Waals surface area contributed by atoms with Gasteiger partial charge in [0.1, 0.15) is 11.5 Å². The number of benzene rings is 2. The maximum absolute atomic E-state index is 10.5. The molecule has 0 bridgehead atoms. The Morgan fingerprint density at radius 1 is 1.17 bits per heavy atom. The lowest BCUT2D eigenvalue weighted by molar-refractivity contribution is -0.384. The van der Waals surface area contributed by atoms with Gasteiger partial charge in [0.15, 0.2) is 0 Å². The van der Waals surface area contributed by atoms with Crippen LogP contribution in [0.3, 0.4) is 0 Å². The lowest BCUT2D eigenvalue weighted by Gasteiger charge is -2.07. The van der Waals surface area contributed by atoms with Crippen LogP contribution in [-0.2, 0) is 0 Å². The third-order valence-electron chi connectivity index (χ3n) is 2.36. The van der Waals surface area contributed by atoms with Crippen LogP contribution < -0.4 is 4.74 Å². The van der Waals surface area contributed by atoms with E-state index in [1.54, 1.807) is 12.1 Å². The molecule has 0 spiro atoms. The maximum atomic E-state index is 10.5. The van der Waals surface area contributed by atoms with E-state index in [4.69, 9.17) is 4.74 Å². The van der Waals surface area contributed by atoms with Gasteiger partial charge in [-0.05, 0) is 52.7 Å². The summed E-state index contributed by atoms with van der Waals surface area (Å²) in [5, 5.41) is 10.5. The van der Waals surface area contributed by atoms with Crippen LogP contribution >= 0.6 is 15.9 Å². The average Bonchev–Trinajstić information content (AvgIpc) is 2.33. The molecule has 2 rings (SSSR count). The van der Waals surface area contributed by atoms with Crippen LogP contribution in [0.1, 0.15) is 5.56 Å². The molecule has 4 nitrogen and oxygen atoms in total. The molecule has 2 aromatic rings. The zero-order valence-corrected chi connectivity index (χ0v) is 11.2. The normalized spacial score (nSPS) is 10.1. The Bertz CT molecular complexity index is 581. The molecule has 0 aliphatic carbocycles. The van der Waals surface area contributed by atoms with E-state index >= 15 is 0 Å². The van der Waals surface area contributed by atoms with Crippen molar-refractivity contribution in [2.24, 2.45) is 0 Å². The molecule has 0 radical (unpaired) electrons. The number of non-ortho nitro benzene ring substituents is 1. The van der Waals surface area contributed by atoms with E-state index in [2.05, 4.69) is 15.9 Å². The van der Waals surface area contributed by atoms with E-state index in [0.717, 1.165) is 10.0 Å². The highest BCUT2D eigenvalue weighted by Gasteiger charge is 2.06. The molecule has 5 heteroatoms. The van der Waals surface area contributed by atoms with Crippen molar-refractivity contribution in [2.75, 3.05) is 0 Å². The predicted molar refractivity (Wildman–Crippen MR) is 72.0 cm³/mol. The quantitative estimate of drug-likeness (QED) is 0.621. The van der Waals surface area contributed by atoms with Gasteiger partial charge in [0, 0.05) is 12.1 Å². The number of nitrogens with zero attached hydrogens (tertiary/aromatic N) is 1. The fourth-order valence-electron chi connectivity index (χ4n) is 1.45. The van der Waals surface area contributed by atoms with Crippen LogP contribution in [-0.4, -0.2) is 4.92 Å². The predicted octanol–water partition coefficient (Wildman–Crippen LogP) is 4.46. The fraction of sp³-hybridized carbons (Fsp3) is 0.0769. The molecule has 0 saturated carbocycles. The van der Waals surface area contributed by atoms with Gasteiger partial charge in [-0.15, -0.1) is 0 Å². The lowest BCUT2D eigenvalue weighted by Crippen LogP contribution is -1.89. The van der Waals surface area contributed by atoms with Gasteiger partial charge < -0.3 is 4.74 Å². The van der Waals surface area contributed by atoms with E-state index < -0.39 is 4.92 Å². The molecule has 0 aromatic heterocycles. The van der Waals surface area contributed by atoms with Crippen LogP contribution in [0, 0.1) is 17.0 Å². The summed E-state index contributed by atoms with van der Waals surface area (Å²) in [4.78, 5) is 10.1. The zero-order chi connectivity index (χ0) is 13.1. The Hall–Kier alpha value is -1.88. The van der Waals surface area contributed by atoms with Gasteiger partial charge in [-0.25, -0.2) is 0 Å². The van der Waals surface area contributed by atoms with E-state index in [-0.39, 0.29) is 5.69 Å². The monoisotopic (exact) mass is 307 g/mol. The summed E-state index contributed by atoms with van der Waals surface area (Å²) in [5.74, 6) is 1.24. The topological polar surface area (TPSA) is 52.4 Å². The number of hydrogen-bond acceptors (Lipinski definition) is 3. The lowest BCUT2D eigenvalue weighted by atomic mass is 10.2. The summed E-state index contributed by atoms with van der Waals surface area (Å²) < 4.78 is 6.48. The highest BCUT2D eigenvalue weighted by Crippen LogP contribution is 2.30.